The summed E-state index contributed by atoms with van der Waals surface area (Å²) in [7, 11) is 3.30. The van der Waals surface area contributed by atoms with Gasteiger partial charge in [-0.3, -0.25) is 4.68 Å². The molecule has 0 aliphatic rings. The fourth-order valence-electron chi connectivity index (χ4n) is 0.835. The van der Waals surface area contributed by atoms with E-state index in [0.717, 1.165) is 0 Å². The maximum absolute atomic E-state index is 10.6. The van der Waals surface area contributed by atoms with E-state index in [4.69, 9.17) is 10.7 Å². The Morgan fingerprint density at radius 2 is 2.23 bits per heavy atom. The summed E-state index contributed by atoms with van der Waals surface area (Å²) in [6.45, 7) is 0. The Morgan fingerprint density at radius 3 is 2.62 bits per heavy atom. The molecule has 5 nitrogen and oxygen atoms in total. The first-order valence-electron chi connectivity index (χ1n) is 3.36. The topological polar surface area (TPSA) is 64.8 Å². The second kappa shape index (κ2) is 3.93. The summed E-state index contributed by atoms with van der Waals surface area (Å²) in [5, 5.41) is 7.41. The van der Waals surface area contributed by atoms with E-state index in [1.165, 1.54) is 4.68 Å². The fourth-order valence-corrected chi connectivity index (χ4v) is 2.03. The first-order valence-corrected chi connectivity index (χ1v) is 6.63. The molecule has 1 aromatic rings. The van der Waals surface area contributed by atoms with Crippen molar-refractivity contribution in [2.75, 3.05) is 5.75 Å². The Bertz CT molecular complexity index is 382. The lowest BCUT2D eigenvalue weighted by atomic mass is 10.4. The van der Waals surface area contributed by atoms with E-state index in [2.05, 4.69) is 26.2 Å². The van der Waals surface area contributed by atoms with Crippen LogP contribution in [0.4, 0.5) is 0 Å². The van der Waals surface area contributed by atoms with E-state index in [1.54, 1.807) is 7.05 Å². The highest BCUT2D eigenvalue weighted by Gasteiger charge is 2.12. The fraction of sp³-hybridized carbons (Fsp3) is 0.600. The van der Waals surface area contributed by atoms with E-state index in [0.29, 0.717) is 16.7 Å². The third kappa shape index (κ3) is 3.24. The van der Waals surface area contributed by atoms with Gasteiger partial charge in [0.2, 0.25) is 9.05 Å². The molecule has 8 heteroatoms. The standard InChI is InChI=1S/C5H7BrClN3O2S/c1-10-4(5(6)8-9-10)2-3-13(7,11)12/h2-3H2,1H3. The largest absolute Gasteiger partial charge is 0.251 e. The molecule has 1 rings (SSSR count). The van der Waals surface area contributed by atoms with Crippen molar-refractivity contribution in [1.29, 1.82) is 0 Å². The molecule has 0 amide bonds. The maximum atomic E-state index is 10.6. The van der Waals surface area contributed by atoms with Crippen LogP contribution in [-0.2, 0) is 22.5 Å². The summed E-state index contributed by atoms with van der Waals surface area (Å²) in [6, 6.07) is 0. The highest BCUT2D eigenvalue weighted by molar-refractivity contribution is 9.10. The summed E-state index contributed by atoms with van der Waals surface area (Å²) < 4.78 is 23.4. The van der Waals surface area contributed by atoms with Crippen molar-refractivity contribution in [3.63, 3.8) is 0 Å². The Morgan fingerprint density at radius 1 is 1.62 bits per heavy atom. The van der Waals surface area contributed by atoms with E-state index >= 15 is 0 Å². The van der Waals surface area contributed by atoms with Gasteiger partial charge >= 0.3 is 0 Å². The molecule has 0 aromatic carbocycles. The highest BCUT2D eigenvalue weighted by atomic mass is 79.9. The normalized spacial score (nSPS) is 11.9. The quantitative estimate of drug-likeness (QED) is 0.768. The molecule has 1 heterocycles. The van der Waals surface area contributed by atoms with Crippen LogP contribution in [0, 0.1) is 0 Å². The van der Waals surface area contributed by atoms with Gasteiger partial charge in [-0.1, -0.05) is 5.21 Å². The summed E-state index contributed by atoms with van der Waals surface area (Å²) in [5.74, 6) is -0.117. The SMILES string of the molecule is Cn1nnc(Br)c1CCS(=O)(=O)Cl. The molecule has 0 unspecified atom stereocenters. The molecule has 0 saturated heterocycles. The van der Waals surface area contributed by atoms with Crippen molar-refractivity contribution in [1.82, 2.24) is 15.0 Å². The third-order valence-corrected chi connectivity index (χ3v) is 3.25. The number of nitrogens with zero attached hydrogens (tertiary/aromatic N) is 3. The zero-order chi connectivity index (χ0) is 10.1. The minimum atomic E-state index is -3.45. The zero-order valence-corrected chi connectivity index (χ0v) is 9.89. The molecule has 1 aromatic heterocycles. The molecule has 0 radical (unpaired) electrons. The number of rotatable bonds is 3. The summed E-state index contributed by atoms with van der Waals surface area (Å²) in [6.07, 6.45) is 0.302. The molecule has 13 heavy (non-hydrogen) atoms. The van der Waals surface area contributed by atoms with Gasteiger partial charge in [0, 0.05) is 24.2 Å². The van der Waals surface area contributed by atoms with Crippen LogP contribution in [0.3, 0.4) is 0 Å². The van der Waals surface area contributed by atoms with Crippen LogP contribution < -0.4 is 0 Å². The van der Waals surface area contributed by atoms with Crippen molar-refractivity contribution in [3.8, 4) is 0 Å². The van der Waals surface area contributed by atoms with Crippen molar-refractivity contribution in [2.24, 2.45) is 7.05 Å². The van der Waals surface area contributed by atoms with Crippen LogP contribution in [0.15, 0.2) is 4.60 Å². The molecular weight excluding hydrogens is 281 g/mol. The molecular formula is C5H7BrClN3O2S. The maximum Gasteiger partial charge on any atom is 0.232 e. The second-order valence-electron chi connectivity index (χ2n) is 2.44. The molecule has 0 atom stereocenters. The van der Waals surface area contributed by atoms with Crippen LogP contribution in [0.5, 0.6) is 0 Å². The van der Waals surface area contributed by atoms with E-state index in [1.807, 2.05) is 0 Å². The molecule has 74 valence electrons. The van der Waals surface area contributed by atoms with Gasteiger partial charge in [0.15, 0.2) is 4.60 Å². The lowest BCUT2D eigenvalue weighted by molar-refractivity contribution is 0.606. The predicted octanol–water partition coefficient (Wildman–Crippen LogP) is 0.689. The van der Waals surface area contributed by atoms with Gasteiger partial charge in [0.25, 0.3) is 0 Å². The second-order valence-corrected chi connectivity index (χ2v) is 6.09. The number of halogens is 2. The van der Waals surface area contributed by atoms with Gasteiger partial charge in [-0.05, 0) is 15.9 Å². The van der Waals surface area contributed by atoms with Gasteiger partial charge in [0.1, 0.15) is 0 Å². The number of aromatic nitrogens is 3. The Balaban J connectivity index is 2.75. The molecule has 0 aliphatic heterocycles. The van der Waals surface area contributed by atoms with Gasteiger partial charge in [-0.2, -0.15) is 0 Å². The van der Waals surface area contributed by atoms with Gasteiger partial charge in [0.05, 0.1) is 11.4 Å². The van der Waals surface area contributed by atoms with Gasteiger partial charge in [-0.15, -0.1) is 5.10 Å². The minimum Gasteiger partial charge on any atom is -0.251 e. The van der Waals surface area contributed by atoms with Crippen LogP contribution in [0.2, 0.25) is 0 Å². The van der Waals surface area contributed by atoms with Crippen LogP contribution in [0.25, 0.3) is 0 Å². The first-order chi connectivity index (χ1) is 5.90. The lowest BCUT2D eigenvalue weighted by Crippen LogP contribution is -2.06. The van der Waals surface area contributed by atoms with Crippen LogP contribution in [-0.4, -0.2) is 29.2 Å². The molecule has 0 saturated carbocycles. The number of hydrogen-bond acceptors (Lipinski definition) is 4. The summed E-state index contributed by atoms with van der Waals surface area (Å²) in [4.78, 5) is 0. The average molecular weight is 289 g/mol. The van der Waals surface area contributed by atoms with E-state index < -0.39 is 9.05 Å². The van der Waals surface area contributed by atoms with Crippen molar-refractivity contribution in [3.05, 3.63) is 10.3 Å². The third-order valence-electron chi connectivity index (χ3n) is 1.48. The Labute approximate surface area is 88.6 Å². The zero-order valence-electron chi connectivity index (χ0n) is 6.74. The first kappa shape index (κ1) is 10.9. The Hall–Kier alpha value is -0.140. The highest BCUT2D eigenvalue weighted by Crippen LogP contribution is 2.13. The molecule has 0 aliphatic carbocycles. The summed E-state index contributed by atoms with van der Waals surface area (Å²) in [5.41, 5.74) is 0.712. The number of aryl methyl sites for hydroxylation is 1. The molecule has 0 spiro atoms. The van der Waals surface area contributed by atoms with Crippen LogP contribution >= 0.6 is 26.6 Å². The van der Waals surface area contributed by atoms with Crippen LogP contribution in [0.1, 0.15) is 5.69 Å². The Kier molecular flexibility index (Phi) is 3.31. The molecule has 0 fully saturated rings. The van der Waals surface area contributed by atoms with Gasteiger partial charge in [-0.25, -0.2) is 8.42 Å². The number of hydrogen-bond donors (Lipinski definition) is 0. The van der Waals surface area contributed by atoms with Crippen molar-refractivity contribution in [2.45, 2.75) is 6.42 Å². The van der Waals surface area contributed by atoms with E-state index in [-0.39, 0.29) is 5.75 Å². The van der Waals surface area contributed by atoms with Crippen molar-refractivity contribution < 1.29 is 8.42 Å². The minimum absolute atomic E-state index is 0.117. The van der Waals surface area contributed by atoms with E-state index in [9.17, 15) is 8.42 Å². The molecule has 0 bridgehead atoms. The monoisotopic (exact) mass is 287 g/mol. The smallest absolute Gasteiger partial charge is 0.232 e. The van der Waals surface area contributed by atoms with Crippen molar-refractivity contribution >= 4 is 35.7 Å². The summed E-state index contributed by atoms with van der Waals surface area (Å²) >= 11 is 3.15. The average Bonchev–Trinajstić information content (AvgIpc) is 2.27. The lowest BCUT2D eigenvalue weighted by Gasteiger charge is -1.98. The predicted molar refractivity (Wildman–Crippen MR) is 52.0 cm³/mol. The molecule has 0 N–H and O–H groups in total. The van der Waals surface area contributed by atoms with Gasteiger partial charge < -0.3 is 0 Å².